The Kier molecular flexibility index (Phi) is 7.89. The Labute approximate surface area is 238 Å². The van der Waals surface area contributed by atoms with Gasteiger partial charge in [-0.3, -0.25) is 9.89 Å². The molecule has 0 spiro atoms. The van der Waals surface area contributed by atoms with Crippen molar-refractivity contribution < 1.29 is 18.3 Å². The number of amides is 1. The molecule has 0 unspecified atom stereocenters. The van der Waals surface area contributed by atoms with Crippen molar-refractivity contribution in [1.29, 1.82) is 0 Å². The van der Waals surface area contributed by atoms with Crippen molar-refractivity contribution in [3.63, 3.8) is 0 Å². The van der Waals surface area contributed by atoms with Crippen LogP contribution in [0.2, 0.25) is 0 Å². The molecule has 3 N–H and O–H groups in total. The molecule has 11 heteroatoms. The first-order chi connectivity index (χ1) is 19.9. The van der Waals surface area contributed by atoms with Gasteiger partial charge >= 0.3 is 0 Å². The van der Waals surface area contributed by atoms with E-state index in [2.05, 4.69) is 25.7 Å². The van der Waals surface area contributed by atoms with Crippen molar-refractivity contribution in [2.24, 2.45) is 0 Å². The van der Waals surface area contributed by atoms with Gasteiger partial charge in [0.2, 0.25) is 0 Å². The van der Waals surface area contributed by atoms with E-state index < -0.39 is 11.6 Å². The van der Waals surface area contributed by atoms with Crippen LogP contribution >= 0.6 is 0 Å². The first-order valence-electron chi connectivity index (χ1n) is 13.9. The number of rotatable bonds is 7. The van der Waals surface area contributed by atoms with E-state index in [1.54, 1.807) is 0 Å². The zero-order chi connectivity index (χ0) is 28.3. The molecular formula is C30H31BF2N6O2. The van der Waals surface area contributed by atoms with Gasteiger partial charge in [0, 0.05) is 68.3 Å². The predicted octanol–water partition coefficient (Wildman–Crippen LogP) is 4.48. The lowest BCUT2D eigenvalue weighted by atomic mass is 10.0. The summed E-state index contributed by atoms with van der Waals surface area (Å²) in [7, 11) is 5.95. The molecule has 1 amide bonds. The number of piperazine rings is 1. The molecule has 2 aliphatic rings. The Morgan fingerprint density at radius 2 is 1.73 bits per heavy atom. The van der Waals surface area contributed by atoms with Gasteiger partial charge in [-0.25, -0.2) is 8.78 Å². The number of aromatic amines is 1. The summed E-state index contributed by atoms with van der Waals surface area (Å²) in [6.07, 6.45) is 2.06. The maximum Gasteiger partial charge on any atom is 0.258 e. The number of nitrogens with one attached hydrogen (secondary N) is 3. The van der Waals surface area contributed by atoms with Gasteiger partial charge in [0.25, 0.3) is 5.91 Å². The molecule has 6 rings (SSSR count). The summed E-state index contributed by atoms with van der Waals surface area (Å²) in [5, 5.41) is 14.6. The number of hydrogen-bond donors (Lipinski definition) is 3. The zero-order valence-electron chi connectivity index (χ0n) is 22.6. The lowest BCUT2D eigenvalue weighted by molar-refractivity contribution is 0.0904. The molecule has 8 nitrogen and oxygen atoms in total. The maximum absolute atomic E-state index is 13.7. The molecule has 0 bridgehead atoms. The molecule has 41 heavy (non-hydrogen) atoms. The van der Waals surface area contributed by atoms with E-state index in [0.717, 1.165) is 67.5 Å². The average molecular weight is 556 g/mol. The standard InChI is InChI=1S/C30H31BF2N6O2/c31-39-9-7-38(8-10-39)24-2-3-25(28(18-24)34-23-5-11-41-12-6-23)30(40)35-29-26-16-19(1-4-27(26)36-37-29)13-20-14-21(32)17-22(33)15-20/h1-4,14-18,23,34H,5-13H2,(H2,35,36,37,40). The minimum atomic E-state index is -0.616. The quantitative estimate of drug-likeness (QED) is 0.291. The van der Waals surface area contributed by atoms with Crippen LogP contribution in [-0.4, -0.2) is 74.3 Å². The van der Waals surface area contributed by atoms with Crippen LogP contribution in [0.3, 0.4) is 0 Å². The topological polar surface area (TPSA) is 85.5 Å². The molecule has 0 aliphatic carbocycles. The third-order valence-corrected chi connectivity index (χ3v) is 7.70. The highest BCUT2D eigenvalue weighted by atomic mass is 19.1. The normalized spacial score (nSPS) is 16.7. The van der Waals surface area contributed by atoms with Crippen molar-refractivity contribution in [3.05, 3.63) is 82.9 Å². The molecule has 1 aromatic heterocycles. The monoisotopic (exact) mass is 556 g/mol. The smallest absolute Gasteiger partial charge is 0.258 e. The molecule has 2 fully saturated rings. The van der Waals surface area contributed by atoms with Crippen LogP contribution in [0.25, 0.3) is 10.9 Å². The number of anilines is 3. The second-order valence-electron chi connectivity index (χ2n) is 10.6. The Morgan fingerprint density at radius 3 is 2.49 bits per heavy atom. The highest BCUT2D eigenvalue weighted by Crippen LogP contribution is 2.29. The van der Waals surface area contributed by atoms with Crippen molar-refractivity contribution in [2.75, 3.05) is 54.9 Å². The fourth-order valence-corrected chi connectivity index (χ4v) is 5.48. The van der Waals surface area contributed by atoms with Crippen LogP contribution in [0.5, 0.6) is 0 Å². The fraction of sp³-hybridized carbons (Fsp3) is 0.333. The Morgan fingerprint density at radius 1 is 0.976 bits per heavy atom. The summed E-state index contributed by atoms with van der Waals surface area (Å²) in [6, 6.07) is 15.1. The number of nitrogens with zero attached hydrogens (tertiary/aromatic N) is 3. The largest absolute Gasteiger partial charge is 0.381 e. The Balaban J connectivity index is 1.25. The van der Waals surface area contributed by atoms with Gasteiger partial charge in [-0.05, 0) is 72.9 Å². The lowest BCUT2D eigenvalue weighted by Gasteiger charge is -2.35. The molecule has 0 atom stereocenters. The van der Waals surface area contributed by atoms with E-state index in [9.17, 15) is 13.6 Å². The summed E-state index contributed by atoms with van der Waals surface area (Å²) in [4.78, 5) is 17.7. The Hall–Kier alpha value is -3.96. The number of aromatic nitrogens is 2. The number of carbonyl (C=O) groups excluding carboxylic acids is 1. The highest BCUT2D eigenvalue weighted by Gasteiger charge is 2.22. The third-order valence-electron chi connectivity index (χ3n) is 7.70. The SMILES string of the molecule is [B]N1CCN(c2ccc(C(=O)Nc3n[nH]c4ccc(Cc5cc(F)cc(F)c5)cc34)c(NC3CCOCC3)c2)CC1. The second-order valence-corrected chi connectivity index (χ2v) is 10.6. The summed E-state index contributed by atoms with van der Waals surface area (Å²) < 4.78 is 32.9. The van der Waals surface area contributed by atoms with Crippen LogP contribution in [0, 0.1) is 11.6 Å². The Bertz CT molecular complexity index is 1530. The molecule has 3 heterocycles. The van der Waals surface area contributed by atoms with Crippen molar-refractivity contribution in [3.8, 4) is 0 Å². The summed E-state index contributed by atoms with van der Waals surface area (Å²) >= 11 is 0. The van der Waals surface area contributed by atoms with Gasteiger partial charge in [0.15, 0.2) is 13.8 Å². The van der Waals surface area contributed by atoms with Crippen molar-refractivity contribution >= 4 is 42.0 Å². The minimum absolute atomic E-state index is 0.202. The molecule has 4 aromatic rings. The summed E-state index contributed by atoms with van der Waals surface area (Å²) in [5.41, 5.74) is 4.41. The number of halogens is 2. The number of hydrogen-bond acceptors (Lipinski definition) is 6. The first-order valence-corrected chi connectivity index (χ1v) is 13.9. The number of ether oxygens (including phenoxy) is 1. The molecule has 2 radical (unpaired) electrons. The van der Waals surface area contributed by atoms with Gasteiger partial charge in [0.1, 0.15) is 11.6 Å². The van der Waals surface area contributed by atoms with E-state index in [-0.39, 0.29) is 11.9 Å². The maximum atomic E-state index is 13.7. The minimum Gasteiger partial charge on any atom is -0.381 e. The van der Waals surface area contributed by atoms with Crippen LogP contribution in [0.15, 0.2) is 54.6 Å². The predicted molar refractivity (Wildman–Crippen MR) is 157 cm³/mol. The zero-order valence-corrected chi connectivity index (χ0v) is 22.6. The molecule has 210 valence electrons. The van der Waals surface area contributed by atoms with E-state index in [0.29, 0.717) is 42.0 Å². The molecule has 3 aromatic carbocycles. The van der Waals surface area contributed by atoms with Crippen molar-refractivity contribution in [2.45, 2.75) is 25.3 Å². The van der Waals surface area contributed by atoms with Gasteiger partial charge in [-0.1, -0.05) is 6.07 Å². The van der Waals surface area contributed by atoms with Crippen LogP contribution in [-0.2, 0) is 11.2 Å². The van der Waals surface area contributed by atoms with E-state index in [1.807, 2.05) is 41.2 Å². The van der Waals surface area contributed by atoms with Crippen LogP contribution in [0.4, 0.5) is 26.0 Å². The van der Waals surface area contributed by atoms with Gasteiger partial charge in [-0.2, -0.15) is 5.10 Å². The lowest BCUT2D eigenvalue weighted by Crippen LogP contribution is -2.45. The number of carbonyl (C=O) groups is 1. The van der Waals surface area contributed by atoms with Crippen LogP contribution in [0.1, 0.15) is 34.3 Å². The molecule has 0 saturated carbocycles. The van der Waals surface area contributed by atoms with Crippen molar-refractivity contribution in [1.82, 2.24) is 15.0 Å². The number of H-pyrrole nitrogens is 1. The summed E-state index contributed by atoms with van der Waals surface area (Å²) in [5.74, 6) is -1.13. The number of fused-ring (bicyclic) bond motifs is 1. The molecular weight excluding hydrogens is 525 g/mol. The first kappa shape index (κ1) is 27.2. The fourth-order valence-electron chi connectivity index (χ4n) is 5.48. The van der Waals surface area contributed by atoms with Gasteiger partial charge in [0.05, 0.1) is 11.1 Å². The highest BCUT2D eigenvalue weighted by molar-refractivity contribution is 6.11. The molecule has 2 saturated heterocycles. The second kappa shape index (κ2) is 11.9. The summed E-state index contributed by atoms with van der Waals surface area (Å²) in [6.45, 7) is 4.52. The molecule has 2 aliphatic heterocycles. The average Bonchev–Trinajstić information content (AvgIpc) is 3.35. The van der Waals surface area contributed by atoms with Gasteiger partial charge < -0.3 is 25.1 Å². The van der Waals surface area contributed by atoms with E-state index >= 15 is 0 Å². The van der Waals surface area contributed by atoms with E-state index in [4.69, 9.17) is 12.7 Å². The number of benzene rings is 3. The van der Waals surface area contributed by atoms with Crippen LogP contribution < -0.4 is 15.5 Å². The van der Waals surface area contributed by atoms with Gasteiger partial charge in [-0.15, -0.1) is 0 Å². The third kappa shape index (κ3) is 6.36. The van der Waals surface area contributed by atoms with E-state index in [1.165, 1.54) is 12.1 Å².